The van der Waals surface area contributed by atoms with Gasteiger partial charge in [0, 0.05) is 37.4 Å². The first-order valence-electron chi connectivity index (χ1n) is 10.3. The van der Waals surface area contributed by atoms with Crippen LogP contribution in [0.5, 0.6) is 11.5 Å². The third kappa shape index (κ3) is 4.37. The van der Waals surface area contributed by atoms with E-state index in [0.717, 1.165) is 36.3 Å². The lowest BCUT2D eigenvalue weighted by Crippen LogP contribution is -2.49. The molecule has 10 nitrogen and oxygen atoms in total. The molecule has 0 saturated carbocycles. The van der Waals surface area contributed by atoms with Crippen LogP contribution in [0.2, 0.25) is 0 Å². The number of rotatable bonds is 4. The van der Waals surface area contributed by atoms with Crippen LogP contribution in [0.15, 0.2) is 30.5 Å². The maximum absolute atomic E-state index is 12.9. The molecule has 166 valence electrons. The van der Waals surface area contributed by atoms with E-state index in [4.69, 9.17) is 19.8 Å². The summed E-state index contributed by atoms with van der Waals surface area (Å²) in [6.07, 6.45) is 2.04. The molecule has 0 bridgehead atoms. The lowest BCUT2D eigenvalue weighted by Gasteiger charge is -2.38. The zero-order valence-corrected chi connectivity index (χ0v) is 17.6. The number of aromatic nitrogens is 1. The Morgan fingerprint density at radius 1 is 1.28 bits per heavy atom. The van der Waals surface area contributed by atoms with Gasteiger partial charge in [-0.05, 0) is 43.0 Å². The van der Waals surface area contributed by atoms with Crippen LogP contribution in [0.4, 0.5) is 21.1 Å². The van der Waals surface area contributed by atoms with Gasteiger partial charge in [-0.2, -0.15) is 5.26 Å². The van der Waals surface area contributed by atoms with Gasteiger partial charge in [0.05, 0.1) is 13.3 Å². The summed E-state index contributed by atoms with van der Waals surface area (Å²) in [5.41, 5.74) is 1.91. The average Bonchev–Trinajstić information content (AvgIpc) is 2.96. The summed E-state index contributed by atoms with van der Waals surface area (Å²) >= 11 is 0. The second-order valence-electron chi connectivity index (χ2n) is 7.63. The normalized spacial score (nSPS) is 16.4. The molecule has 0 unspecified atom stereocenters. The van der Waals surface area contributed by atoms with Gasteiger partial charge in [0.15, 0.2) is 5.75 Å². The van der Waals surface area contributed by atoms with Crippen LogP contribution < -0.4 is 19.7 Å². The number of fused-ring (bicyclic) bond motifs is 1. The molecule has 1 aromatic carbocycles. The first kappa shape index (κ1) is 21.2. The minimum atomic E-state index is -1.48. The Hall–Kier alpha value is -4.00. The molecule has 0 spiro atoms. The van der Waals surface area contributed by atoms with Crippen molar-refractivity contribution in [3.8, 4) is 17.6 Å². The van der Waals surface area contributed by atoms with E-state index in [-0.39, 0.29) is 23.4 Å². The fourth-order valence-corrected chi connectivity index (χ4v) is 4.17. The maximum atomic E-state index is 12.9. The summed E-state index contributed by atoms with van der Waals surface area (Å²) in [4.78, 5) is 31.9. The third-order valence-corrected chi connectivity index (χ3v) is 5.84. The number of benzene rings is 1. The Labute approximate surface area is 185 Å². The number of anilines is 2. The van der Waals surface area contributed by atoms with Gasteiger partial charge in [0.2, 0.25) is 0 Å². The van der Waals surface area contributed by atoms with Crippen LogP contribution >= 0.6 is 0 Å². The molecule has 0 radical (unpaired) electrons. The number of nitrogens with one attached hydrogen (secondary N) is 1. The van der Waals surface area contributed by atoms with Crippen molar-refractivity contribution in [3.05, 3.63) is 41.6 Å². The van der Waals surface area contributed by atoms with Crippen LogP contribution in [-0.2, 0) is 6.42 Å². The highest BCUT2D eigenvalue weighted by atomic mass is 16.7. The van der Waals surface area contributed by atoms with Crippen molar-refractivity contribution >= 4 is 23.7 Å². The third-order valence-electron chi connectivity index (χ3n) is 5.84. The predicted molar refractivity (Wildman–Crippen MR) is 115 cm³/mol. The van der Waals surface area contributed by atoms with Gasteiger partial charge < -0.3 is 29.7 Å². The number of nitrogens with zero attached hydrogens (tertiary/aromatic N) is 4. The molecule has 0 aliphatic carbocycles. The number of nitriles is 1. The number of amides is 2. The number of methoxy groups -OCH3 is 1. The molecular weight excluding hydrogens is 414 g/mol. The monoisotopic (exact) mass is 437 g/mol. The van der Waals surface area contributed by atoms with Crippen molar-refractivity contribution in [3.63, 3.8) is 0 Å². The fraction of sp³-hybridized carbons (Fsp3) is 0.364. The fourth-order valence-electron chi connectivity index (χ4n) is 4.17. The number of carbonyl (C=O) groups excluding carboxylic acids is 1. The van der Waals surface area contributed by atoms with Crippen LogP contribution in [0.3, 0.4) is 0 Å². The molecule has 1 saturated heterocycles. The molecule has 2 aliphatic rings. The van der Waals surface area contributed by atoms with Crippen molar-refractivity contribution in [1.29, 1.82) is 5.26 Å². The number of urea groups is 1. The van der Waals surface area contributed by atoms with Crippen LogP contribution in [0, 0.1) is 11.3 Å². The first-order chi connectivity index (χ1) is 15.5. The predicted octanol–water partition coefficient (Wildman–Crippen LogP) is 3.08. The number of ether oxygens (including phenoxy) is 2. The van der Waals surface area contributed by atoms with Crippen molar-refractivity contribution in [1.82, 2.24) is 9.88 Å². The molecule has 32 heavy (non-hydrogen) atoms. The van der Waals surface area contributed by atoms with E-state index >= 15 is 0 Å². The Morgan fingerprint density at radius 3 is 2.75 bits per heavy atom. The Kier molecular flexibility index (Phi) is 5.98. The van der Waals surface area contributed by atoms with E-state index in [2.05, 4.69) is 10.3 Å². The smallest absolute Gasteiger partial charge is 0.497 e. The number of carbonyl (C=O) groups is 2. The molecule has 1 aromatic heterocycles. The van der Waals surface area contributed by atoms with E-state index < -0.39 is 6.16 Å². The minimum absolute atomic E-state index is 0.0350. The van der Waals surface area contributed by atoms with E-state index in [1.54, 1.807) is 7.11 Å². The molecule has 4 rings (SSSR count). The SMILES string of the molecule is COc1ccc2c(c1)CCN(C1CCN(c3cc(OC(=O)O)c(C#N)cn3)CC1)C(=O)N2. The summed E-state index contributed by atoms with van der Waals surface area (Å²) in [7, 11) is 1.62. The van der Waals surface area contributed by atoms with Crippen molar-refractivity contribution in [2.45, 2.75) is 25.3 Å². The van der Waals surface area contributed by atoms with Crippen LogP contribution in [-0.4, -0.2) is 60.0 Å². The zero-order valence-electron chi connectivity index (χ0n) is 17.6. The molecule has 1 fully saturated rings. The van der Waals surface area contributed by atoms with E-state index in [9.17, 15) is 9.59 Å². The lowest BCUT2D eigenvalue weighted by atomic mass is 10.0. The number of pyridine rings is 1. The standard InChI is InChI=1S/C22H23N5O5/c1-31-17-2-3-18-14(10-17)4-9-27(21(28)25-18)16-5-7-26(8-6-16)20-11-19(32-22(29)30)15(12-23)13-24-20/h2-3,10-11,13,16H,4-9H2,1H3,(H,25,28)(H,29,30). The van der Waals surface area contributed by atoms with Crippen LogP contribution in [0.1, 0.15) is 24.0 Å². The number of piperidine rings is 1. The Bertz CT molecular complexity index is 1070. The zero-order chi connectivity index (χ0) is 22.7. The van der Waals surface area contributed by atoms with Crippen molar-refractivity contribution < 1.29 is 24.2 Å². The van der Waals surface area contributed by atoms with Gasteiger partial charge >= 0.3 is 12.2 Å². The maximum Gasteiger partial charge on any atom is 0.511 e. The Morgan fingerprint density at radius 2 is 2.06 bits per heavy atom. The van der Waals surface area contributed by atoms with Gasteiger partial charge in [0.1, 0.15) is 23.2 Å². The first-order valence-corrected chi connectivity index (χ1v) is 10.3. The topological polar surface area (TPSA) is 128 Å². The Balaban J connectivity index is 1.42. The molecular formula is C22H23N5O5. The van der Waals surface area contributed by atoms with Gasteiger partial charge in [-0.1, -0.05) is 0 Å². The molecule has 2 aromatic rings. The van der Waals surface area contributed by atoms with Gasteiger partial charge in [-0.3, -0.25) is 0 Å². The summed E-state index contributed by atoms with van der Waals surface area (Å²) in [5.74, 6) is 1.27. The van der Waals surface area contributed by atoms with Crippen molar-refractivity contribution in [2.24, 2.45) is 0 Å². The molecule has 10 heteroatoms. The largest absolute Gasteiger partial charge is 0.511 e. The number of hydrogen-bond acceptors (Lipinski definition) is 7. The van der Waals surface area contributed by atoms with E-state index in [0.29, 0.717) is 25.5 Å². The highest BCUT2D eigenvalue weighted by Gasteiger charge is 2.30. The highest BCUT2D eigenvalue weighted by Crippen LogP contribution is 2.29. The van der Waals surface area contributed by atoms with Crippen molar-refractivity contribution in [2.75, 3.05) is 37.0 Å². The quantitative estimate of drug-likeness (QED) is 0.699. The van der Waals surface area contributed by atoms with E-state index in [1.165, 1.54) is 12.3 Å². The lowest BCUT2D eigenvalue weighted by molar-refractivity contribution is 0.144. The molecule has 3 heterocycles. The van der Waals surface area contributed by atoms with Gasteiger partial charge in [0.25, 0.3) is 0 Å². The van der Waals surface area contributed by atoms with Crippen LogP contribution in [0.25, 0.3) is 0 Å². The summed E-state index contributed by atoms with van der Waals surface area (Å²) in [5, 5.41) is 21.0. The molecule has 2 N–H and O–H groups in total. The van der Waals surface area contributed by atoms with Gasteiger partial charge in [-0.25, -0.2) is 14.6 Å². The minimum Gasteiger partial charge on any atom is -0.497 e. The molecule has 2 amide bonds. The van der Waals surface area contributed by atoms with Gasteiger partial charge in [-0.15, -0.1) is 0 Å². The summed E-state index contributed by atoms with van der Waals surface area (Å²) < 4.78 is 10.0. The molecule has 2 aliphatic heterocycles. The number of hydrogen-bond donors (Lipinski definition) is 2. The number of carboxylic acid groups (broad SMARTS) is 1. The summed E-state index contributed by atoms with van der Waals surface area (Å²) in [6, 6.07) is 8.97. The second-order valence-corrected chi connectivity index (χ2v) is 7.63. The molecule has 0 atom stereocenters. The average molecular weight is 437 g/mol. The highest BCUT2D eigenvalue weighted by molar-refractivity contribution is 5.91. The second kappa shape index (κ2) is 9.01. The summed E-state index contributed by atoms with van der Waals surface area (Å²) in [6.45, 7) is 1.89. The van der Waals surface area contributed by atoms with E-state index in [1.807, 2.05) is 34.1 Å².